The summed E-state index contributed by atoms with van der Waals surface area (Å²) in [6.45, 7) is 6.09. The number of aliphatic hydroxyl groups excluding tert-OH is 2. The molecule has 0 rings (SSSR count). The quantitative estimate of drug-likeness (QED) is 0.580. The minimum atomic E-state index is 0.0417. The molecule has 4 heteroatoms. The summed E-state index contributed by atoms with van der Waals surface area (Å²) in [4.78, 5) is 0. The summed E-state index contributed by atoms with van der Waals surface area (Å²) < 4.78 is 9.75. The summed E-state index contributed by atoms with van der Waals surface area (Å²) in [6, 6.07) is 0. The molecule has 0 aliphatic heterocycles. The van der Waals surface area contributed by atoms with Crippen LogP contribution in [-0.2, 0) is 9.47 Å². The second-order valence-corrected chi connectivity index (χ2v) is 2.67. The lowest BCUT2D eigenvalue weighted by atomic mass is 10.4. The average Bonchev–Trinajstić information content (AvgIpc) is 2.24. The first-order valence-corrected chi connectivity index (χ1v) is 5.20. The Morgan fingerprint density at radius 2 is 1.07 bits per heavy atom. The molecule has 0 atom stereocenters. The number of hydrogen-bond acceptors (Lipinski definition) is 4. The first kappa shape index (κ1) is 16.3. The first-order chi connectivity index (χ1) is 6.83. The van der Waals surface area contributed by atoms with E-state index in [1.807, 2.05) is 0 Å². The maximum Gasteiger partial charge on any atom is 0.0701 e. The molecule has 0 heterocycles. The molecule has 0 spiro atoms. The van der Waals surface area contributed by atoms with Crippen molar-refractivity contribution in [2.24, 2.45) is 0 Å². The standard InChI is InChI=1S/C6H14O4.C4H10/c7-1-3-9-5-6-10-4-2-8;1-3-4-2/h7-8H,1-6H2;3-4H2,1-2H3. The van der Waals surface area contributed by atoms with Crippen LogP contribution in [0.2, 0.25) is 0 Å². The van der Waals surface area contributed by atoms with Gasteiger partial charge < -0.3 is 19.7 Å². The minimum Gasteiger partial charge on any atom is -0.394 e. The lowest BCUT2D eigenvalue weighted by molar-refractivity contribution is 0.0222. The predicted molar refractivity (Wildman–Crippen MR) is 56.4 cm³/mol. The Hall–Kier alpha value is -0.160. The monoisotopic (exact) mass is 208 g/mol. The van der Waals surface area contributed by atoms with Gasteiger partial charge in [-0.3, -0.25) is 0 Å². The topological polar surface area (TPSA) is 58.9 Å². The van der Waals surface area contributed by atoms with Crippen LogP contribution in [-0.4, -0.2) is 49.9 Å². The Bertz CT molecular complexity index is 68.5. The third kappa shape index (κ3) is 22.6. The lowest BCUT2D eigenvalue weighted by Gasteiger charge is -2.01. The van der Waals surface area contributed by atoms with E-state index in [0.29, 0.717) is 26.4 Å². The van der Waals surface area contributed by atoms with E-state index in [2.05, 4.69) is 13.8 Å². The van der Waals surface area contributed by atoms with Crippen molar-refractivity contribution in [3.8, 4) is 0 Å². The van der Waals surface area contributed by atoms with Crippen LogP contribution in [0.4, 0.5) is 0 Å². The van der Waals surface area contributed by atoms with Gasteiger partial charge >= 0.3 is 0 Å². The molecule has 0 fully saturated rings. The summed E-state index contributed by atoms with van der Waals surface area (Å²) in [5.74, 6) is 0. The van der Waals surface area contributed by atoms with Crippen molar-refractivity contribution >= 4 is 0 Å². The third-order valence-corrected chi connectivity index (χ3v) is 1.34. The van der Waals surface area contributed by atoms with Crippen molar-refractivity contribution in [1.29, 1.82) is 0 Å². The fraction of sp³-hybridized carbons (Fsp3) is 1.00. The Kier molecular flexibility index (Phi) is 21.6. The number of ether oxygens (including phenoxy) is 2. The van der Waals surface area contributed by atoms with Crippen LogP contribution in [0.25, 0.3) is 0 Å². The van der Waals surface area contributed by atoms with Gasteiger partial charge in [0.25, 0.3) is 0 Å². The van der Waals surface area contributed by atoms with Crippen molar-refractivity contribution in [1.82, 2.24) is 0 Å². The average molecular weight is 208 g/mol. The Morgan fingerprint density at radius 3 is 1.29 bits per heavy atom. The molecule has 0 saturated carbocycles. The first-order valence-electron chi connectivity index (χ1n) is 5.20. The van der Waals surface area contributed by atoms with Crippen molar-refractivity contribution in [3.05, 3.63) is 0 Å². The molecule has 0 aliphatic carbocycles. The second-order valence-electron chi connectivity index (χ2n) is 2.67. The number of unbranched alkanes of at least 4 members (excludes halogenated alkanes) is 1. The second kappa shape index (κ2) is 18.6. The third-order valence-electron chi connectivity index (χ3n) is 1.34. The molecule has 88 valence electrons. The summed E-state index contributed by atoms with van der Waals surface area (Å²) in [7, 11) is 0. The molecular formula is C10H24O4. The minimum absolute atomic E-state index is 0.0417. The maximum absolute atomic E-state index is 8.26. The van der Waals surface area contributed by atoms with E-state index in [1.54, 1.807) is 0 Å². The van der Waals surface area contributed by atoms with Gasteiger partial charge in [0.15, 0.2) is 0 Å². The Morgan fingerprint density at radius 1 is 0.714 bits per heavy atom. The van der Waals surface area contributed by atoms with Crippen molar-refractivity contribution < 1.29 is 19.7 Å². The normalized spacial score (nSPS) is 9.43. The smallest absolute Gasteiger partial charge is 0.0701 e. The zero-order chi connectivity index (χ0) is 11.1. The zero-order valence-corrected chi connectivity index (χ0v) is 9.37. The molecule has 0 saturated heterocycles. The Balaban J connectivity index is 0. The van der Waals surface area contributed by atoms with Crippen LogP contribution in [0.3, 0.4) is 0 Å². The molecule has 2 N–H and O–H groups in total. The number of rotatable bonds is 8. The van der Waals surface area contributed by atoms with Crippen LogP contribution in [0.1, 0.15) is 26.7 Å². The summed E-state index contributed by atoms with van der Waals surface area (Å²) >= 11 is 0. The van der Waals surface area contributed by atoms with Crippen molar-refractivity contribution in [2.75, 3.05) is 39.6 Å². The Labute approximate surface area is 86.8 Å². The van der Waals surface area contributed by atoms with Crippen molar-refractivity contribution in [2.45, 2.75) is 26.7 Å². The molecule has 0 bridgehead atoms. The zero-order valence-electron chi connectivity index (χ0n) is 9.37. The highest BCUT2D eigenvalue weighted by Crippen LogP contribution is 1.77. The van der Waals surface area contributed by atoms with Gasteiger partial charge in [0.2, 0.25) is 0 Å². The SMILES string of the molecule is CCCC.OCCOCCOCCO. The molecule has 0 radical (unpaired) electrons. The molecule has 14 heavy (non-hydrogen) atoms. The molecule has 0 aromatic carbocycles. The number of aliphatic hydroxyl groups is 2. The van der Waals surface area contributed by atoms with Crippen LogP contribution >= 0.6 is 0 Å². The van der Waals surface area contributed by atoms with Crippen LogP contribution in [0.15, 0.2) is 0 Å². The largest absolute Gasteiger partial charge is 0.394 e. The van der Waals surface area contributed by atoms with Gasteiger partial charge in [-0.05, 0) is 0 Å². The fourth-order valence-electron chi connectivity index (χ4n) is 0.451. The van der Waals surface area contributed by atoms with Gasteiger partial charge in [-0.1, -0.05) is 26.7 Å². The predicted octanol–water partition coefficient (Wildman–Crippen LogP) is 0.811. The summed E-state index contributed by atoms with van der Waals surface area (Å²) in [5.41, 5.74) is 0. The van der Waals surface area contributed by atoms with E-state index in [0.717, 1.165) is 0 Å². The van der Waals surface area contributed by atoms with E-state index < -0.39 is 0 Å². The van der Waals surface area contributed by atoms with Crippen LogP contribution < -0.4 is 0 Å². The van der Waals surface area contributed by atoms with Crippen LogP contribution in [0.5, 0.6) is 0 Å². The molecular weight excluding hydrogens is 184 g/mol. The molecule has 0 amide bonds. The van der Waals surface area contributed by atoms with Gasteiger partial charge in [0.05, 0.1) is 39.6 Å². The molecule has 0 unspecified atom stereocenters. The molecule has 0 aromatic rings. The van der Waals surface area contributed by atoms with E-state index in [-0.39, 0.29) is 13.2 Å². The highest BCUT2D eigenvalue weighted by molar-refractivity contribution is 4.30. The fourth-order valence-corrected chi connectivity index (χ4v) is 0.451. The van der Waals surface area contributed by atoms with E-state index in [9.17, 15) is 0 Å². The highest BCUT2D eigenvalue weighted by atomic mass is 16.5. The van der Waals surface area contributed by atoms with Gasteiger partial charge in [0.1, 0.15) is 0 Å². The van der Waals surface area contributed by atoms with Gasteiger partial charge in [0, 0.05) is 0 Å². The van der Waals surface area contributed by atoms with Crippen LogP contribution in [0, 0.1) is 0 Å². The highest BCUT2D eigenvalue weighted by Gasteiger charge is 1.86. The molecule has 0 aliphatic rings. The van der Waals surface area contributed by atoms with Crippen molar-refractivity contribution in [3.63, 3.8) is 0 Å². The number of hydrogen-bond donors (Lipinski definition) is 2. The maximum atomic E-state index is 8.26. The van der Waals surface area contributed by atoms with E-state index in [1.165, 1.54) is 12.8 Å². The van der Waals surface area contributed by atoms with E-state index >= 15 is 0 Å². The summed E-state index contributed by atoms with van der Waals surface area (Å²) in [5, 5.41) is 16.5. The van der Waals surface area contributed by atoms with Gasteiger partial charge in [-0.25, -0.2) is 0 Å². The molecule has 4 nitrogen and oxygen atoms in total. The van der Waals surface area contributed by atoms with E-state index in [4.69, 9.17) is 19.7 Å². The molecule has 0 aromatic heterocycles. The lowest BCUT2D eigenvalue weighted by Crippen LogP contribution is -2.09. The van der Waals surface area contributed by atoms with Gasteiger partial charge in [-0.15, -0.1) is 0 Å². The van der Waals surface area contributed by atoms with Gasteiger partial charge in [-0.2, -0.15) is 0 Å². The summed E-state index contributed by atoms with van der Waals surface area (Å²) in [6.07, 6.45) is 2.64.